The Bertz CT molecular complexity index is 451. The third-order valence-electron chi connectivity index (χ3n) is 3.63. The van der Waals surface area contributed by atoms with Gasteiger partial charge in [0.25, 0.3) is 0 Å². The molecule has 1 heterocycles. The number of nitrogens with one attached hydrogen (secondary N) is 1. The van der Waals surface area contributed by atoms with Crippen LogP contribution in [0.1, 0.15) is 27.0 Å². The molecule has 0 bridgehead atoms. The van der Waals surface area contributed by atoms with E-state index in [1.165, 1.54) is 5.56 Å². The molecule has 1 aliphatic rings. The molecular formula is C14H20N2O2. The Morgan fingerprint density at radius 3 is 2.61 bits per heavy atom. The van der Waals surface area contributed by atoms with Gasteiger partial charge in [-0.05, 0) is 42.7 Å². The van der Waals surface area contributed by atoms with E-state index in [9.17, 15) is 4.79 Å². The molecule has 0 atom stereocenters. The number of aryl methyl sites for hydroxylation is 1. The van der Waals surface area contributed by atoms with Gasteiger partial charge in [0.2, 0.25) is 0 Å². The topological polar surface area (TPSA) is 52.6 Å². The summed E-state index contributed by atoms with van der Waals surface area (Å²) in [5.74, 6) is -0.848. The van der Waals surface area contributed by atoms with Crippen LogP contribution in [0.4, 0.5) is 0 Å². The van der Waals surface area contributed by atoms with Crippen molar-refractivity contribution < 1.29 is 9.90 Å². The standard InChI is InChI=1S/C14H20N2O2/c1-10-7-12(14(17)18)8-13(11(10)2)9-16-5-3-15-4-6-16/h7-8,15H,3-6,9H2,1-2H3,(H,17,18). The highest BCUT2D eigenvalue weighted by Gasteiger charge is 2.14. The Kier molecular flexibility index (Phi) is 3.99. The van der Waals surface area contributed by atoms with E-state index in [1.807, 2.05) is 13.0 Å². The maximum atomic E-state index is 11.1. The molecule has 4 heteroatoms. The minimum absolute atomic E-state index is 0.392. The summed E-state index contributed by atoms with van der Waals surface area (Å²) < 4.78 is 0. The maximum Gasteiger partial charge on any atom is 0.335 e. The molecule has 1 saturated heterocycles. The fourth-order valence-corrected chi connectivity index (χ4v) is 2.33. The zero-order chi connectivity index (χ0) is 13.1. The lowest BCUT2D eigenvalue weighted by molar-refractivity contribution is 0.0696. The van der Waals surface area contributed by atoms with Gasteiger partial charge in [0.15, 0.2) is 0 Å². The predicted octanol–water partition coefficient (Wildman–Crippen LogP) is 1.41. The van der Waals surface area contributed by atoms with Crippen molar-refractivity contribution >= 4 is 5.97 Å². The molecule has 0 aliphatic carbocycles. The average molecular weight is 248 g/mol. The van der Waals surface area contributed by atoms with Gasteiger partial charge >= 0.3 is 5.97 Å². The Hall–Kier alpha value is -1.39. The first-order chi connectivity index (χ1) is 8.58. The lowest BCUT2D eigenvalue weighted by atomic mass is 9.99. The number of piperazine rings is 1. The van der Waals surface area contributed by atoms with Crippen molar-refractivity contribution in [3.63, 3.8) is 0 Å². The fourth-order valence-electron chi connectivity index (χ4n) is 2.33. The van der Waals surface area contributed by atoms with Crippen molar-refractivity contribution in [2.24, 2.45) is 0 Å². The van der Waals surface area contributed by atoms with E-state index in [4.69, 9.17) is 5.11 Å². The van der Waals surface area contributed by atoms with Gasteiger partial charge in [-0.15, -0.1) is 0 Å². The zero-order valence-corrected chi connectivity index (χ0v) is 11.0. The van der Waals surface area contributed by atoms with Crippen molar-refractivity contribution in [3.8, 4) is 0 Å². The van der Waals surface area contributed by atoms with Crippen molar-refractivity contribution in [1.82, 2.24) is 10.2 Å². The molecule has 0 saturated carbocycles. The molecule has 4 nitrogen and oxygen atoms in total. The molecule has 0 aromatic heterocycles. The molecule has 98 valence electrons. The number of hydrogen-bond acceptors (Lipinski definition) is 3. The minimum atomic E-state index is -0.848. The van der Waals surface area contributed by atoms with Crippen LogP contribution >= 0.6 is 0 Å². The first kappa shape index (κ1) is 13.1. The van der Waals surface area contributed by atoms with Crippen molar-refractivity contribution in [2.45, 2.75) is 20.4 Å². The highest BCUT2D eigenvalue weighted by molar-refractivity contribution is 5.88. The molecule has 1 aliphatic heterocycles. The average Bonchev–Trinajstić information content (AvgIpc) is 2.35. The fraction of sp³-hybridized carbons (Fsp3) is 0.500. The van der Waals surface area contributed by atoms with Crippen LogP contribution < -0.4 is 5.32 Å². The minimum Gasteiger partial charge on any atom is -0.478 e. The number of carbonyl (C=O) groups is 1. The van der Waals surface area contributed by atoms with Gasteiger partial charge < -0.3 is 10.4 Å². The highest BCUT2D eigenvalue weighted by atomic mass is 16.4. The third-order valence-corrected chi connectivity index (χ3v) is 3.63. The predicted molar refractivity (Wildman–Crippen MR) is 71.0 cm³/mol. The molecule has 0 amide bonds. The Balaban J connectivity index is 2.22. The summed E-state index contributed by atoms with van der Waals surface area (Å²) in [6.45, 7) is 8.95. The van der Waals surface area contributed by atoms with Crippen LogP contribution in [0.2, 0.25) is 0 Å². The number of aromatic carboxylic acids is 1. The number of nitrogens with zero attached hydrogens (tertiary/aromatic N) is 1. The second kappa shape index (κ2) is 5.50. The van der Waals surface area contributed by atoms with Crippen molar-refractivity contribution in [3.05, 3.63) is 34.4 Å². The van der Waals surface area contributed by atoms with Crippen LogP contribution in [0.25, 0.3) is 0 Å². The van der Waals surface area contributed by atoms with Crippen LogP contribution in [0.5, 0.6) is 0 Å². The smallest absolute Gasteiger partial charge is 0.335 e. The van der Waals surface area contributed by atoms with E-state index in [2.05, 4.69) is 17.1 Å². The van der Waals surface area contributed by atoms with E-state index in [0.717, 1.165) is 43.9 Å². The lowest BCUT2D eigenvalue weighted by Gasteiger charge is -2.28. The largest absolute Gasteiger partial charge is 0.478 e. The maximum absolute atomic E-state index is 11.1. The van der Waals surface area contributed by atoms with Crippen LogP contribution in [0.3, 0.4) is 0 Å². The summed E-state index contributed by atoms with van der Waals surface area (Å²) in [7, 11) is 0. The Morgan fingerprint density at radius 1 is 1.33 bits per heavy atom. The monoisotopic (exact) mass is 248 g/mol. The van der Waals surface area contributed by atoms with E-state index >= 15 is 0 Å². The van der Waals surface area contributed by atoms with Gasteiger partial charge in [0.05, 0.1) is 5.56 Å². The molecule has 18 heavy (non-hydrogen) atoms. The molecule has 1 aromatic carbocycles. The molecule has 2 rings (SSSR count). The summed E-state index contributed by atoms with van der Waals surface area (Å²) in [5, 5.41) is 12.4. The van der Waals surface area contributed by atoms with Crippen molar-refractivity contribution in [1.29, 1.82) is 0 Å². The van der Waals surface area contributed by atoms with Crippen molar-refractivity contribution in [2.75, 3.05) is 26.2 Å². The van der Waals surface area contributed by atoms with Gasteiger partial charge in [-0.25, -0.2) is 4.79 Å². The molecule has 0 unspecified atom stereocenters. The van der Waals surface area contributed by atoms with Gasteiger partial charge in [0, 0.05) is 32.7 Å². The Labute approximate surface area is 108 Å². The SMILES string of the molecule is Cc1cc(C(=O)O)cc(CN2CCNCC2)c1C. The molecule has 1 fully saturated rings. The number of benzene rings is 1. The van der Waals surface area contributed by atoms with Gasteiger partial charge in [-0.3, -0.25) is 4.90 Å². The normalized spacial score (nSPS) is 16.8. The summed E-state index contributed by atoms with van der Waals surface area (Å²) >= 11 is 0. The number of rotatable bonds is 3. The molecule has 0 spiro atoms. The molecule has 1 aromatic rings. The lowest BCUT2D eigenvalue weighted by Crippen LogP contribution is -2.43. The zero-order valence-electron chi connectivity index (χ0n) is 11.0. The van der Waals surface area contributed by atoms with E-state index in [1.54, 1.807) is 6.07 Å². The van der Waals surface area contributed by atoms with Crippen LogP contribution in [-0.4, -0.2) is 42.2 Å². The van der Waals surface area contributed by atoms with E-state index in [-0.39, 0.29) is 0 Å². The second-order valence-corrected chi connectivity index (χ2v) is 4.91. The Morgan fingerprint density at radius 2 is 2.00 bits per heavy atom. The molecule has 2 N–H and O–H groups in total. The van der Waals surface area contributed by atoms with E-state index in [0.29, 0.717) is 5.56 Å². The van der Waals surface area contributed by atoms with Crippen LogP contribution in [0, 0.1) is 13.8 Å². The third kappa shape index (κ3) is 2.89. The summed E-state index contributed by atoms with van der Waals surface area (Å²) in [6, 6.07) is 3.56. The first-order valence-corrected chi connectivity index (χ1v) is 6.34. The molecule has 0 radical (unpaired) electrons. The number of carboxylic acids is 1. The van der Waals surface area contributed by atoms with E-state index < -0.39 is 5.97 Å². The summed E-state index contributed by atoms with van der Waals surface area (Å²) in [6.07, 6.45) is 0. The quantitative estimate of drug-likeness (QED) is 0.849. The highest BCUT2D eigenvalue weighted by Crippen LogP contribution is 2.18. The van der Waals surface area contributed by atoms with Gasteiger partial charge in [-0.2, -0.15) is 0 Å². The van der Waals surface area contributed by atoms with Gasteiger partial charge in [-0.1, -0.05) is 0 Å². The number of hydrogen-bond donors (Lipinski definition) is 2. The second-order valence-electron chi connectivity index (χ2n) is 4.91. The van der Waals surface area contributed by atoms with Crippen LogP contribution in [0.15, 0.2) is 12.1 Å². The van der Waals surface area contributed by atoms with Crippen LogP contribution in [-0.2, 0) is 6.54 Å². The van der Waals surface area contributed by atoms with Gasteiger partial charge in [0.1, 0.15) is 0 Å². The molecular weight excluding hydrogens is 228 g/mol. The first-order valence-electron chi connectivity index (χ1n) is 6.34. The number of carboxylic acid groups (broad SMARTS) is 1. The summed E-state index contributed by atoms with van der Waals surface area (Å²) in [4.78, 5) is 13.5. The summed E-state index contributed by atoms with van der Waals surface area (Å²) in [5.41, 5.74) is 3.79.